The monoisotopic (exact) mass is 353 g/mol. The van der Waals surface area contributed by atoms with Crippen molar-refractivity contribution in [1.82, 2.24) is 9.55 Å². The van der Waals surface area contributed by atoms with Gasteiger partial charge in [-0.1, -0.05) is 50.2 Å². The molecule has 0 unspecified atom stereocenters. The fourth-order valence-corrected chi connectivity index (χ4v) is 3.58. The molecule has 22 heavy (non-hydrogen) atoms. The summed E-state index contributed by atoms with van der Waals surface area (Å²) in [7, 11) is -0.746. The number of nitrogens with zero attached hydrogens (tertiary/aromatic N) is 2. The Morgan fingerprint density at radius 1 is 1.32 bits per heavy atom. The lowest BCUT2D eigenvalue weighted by Gasteiger charge is -2.21. The Morgan fingerprint density at radius 3 is 2.64 bits per heavy atom. The van der Waals surface area contributed by atoms with Gasteiger partial charge in [0, 0.05) is 15.3 Å². The summed E-state index contributed by atoms with van der Waals surface area (Å²) in [5, 5.41) is 1.83. The van der Waals surface area contributed by atoms with E-state index in [-0.39, 0.29) is 5.41 Å². The third-order valence-corrected chi connectivity index (χ3v) is 4.96. The van der Waals surface area contributed by atoms with Gasteiger partial charge in [0.15, 0.2) is 0 Å². The molecule has 0 aliphatic heterocycles. The average molecular weight is 354 g/mol. The summed E-state index contributed by atoms with van der Waals surface area (Å²) in [6.45, 7) is 11.3. The van der Waals surface area contributed by atoms with Gasteiger partial charge in [-0.25, -0.2) is 4.98 Å². The van der Waals surface area contributed by atoms with Gasteiger partial charge < -0.3 is 4.43 Å². The Labute approximate surface area is 143 Å². The maximum Gasteiger partial charge on any atom is 0.207 e. The zero-order valence-corrected chi connectivity index (χ0v) is 16.3. The number of halogens is 1. The summed E-state index contributed by atoms with van der Waals surface area (Å²) in [5.74, 6) is 1.04. The van der Waals surface area contributed by atoms with Gasteiger partial charge in [0.05, 0.1) is 6.20 Å². The molecule has 2 aromatic rings. The highest BCUT2D eigenvalue weighted by Crippen LogP contribution is 2.33. The molecule has 0 bridgehead atoms. The lowest BCUT2D eigenvalue weighted by Crippen LogP contribution is -2.22. The van der Waals surface area contributed by atoms with Crippen LogP contribution in [0, 0.1) is 0 Å². The van der Waals surface area contributed by atoms with Gasteiger partial charge in [-0.15, -0.1) is 0 Å². The summed E-state index contributed by atoms with van der Waals surface area (Å²) in [6, 6.07) is 7.87. The van der Waals surface area contributed by atoms with Gasteiger partial charge in [0.25, 0.3) is 0 Å². The third-order valence-electron chi connectivity index (χ3n) is 2.99. The number of hydrogen-bond donors (Lipinski definition) is 0. The van der Waals surface area contributed by atoms with Crippen LogP contribution in [0.4, 0.5) is 0 Å². The van der Waals surface area contributed by atoms with E-state index in [1.807, 2.05) is 24.4 Å². The Morgan fingerprint density at radius 2 is 2.05 bits per heavy atom. The van der Waals surface area contributed by atoms with E-state index in [1.165, 1.54) is 0 Å². The van der Waals surface area contributed by atoms with Gasteiger partial charge in [0.2, 0.25) is 9.04 Å². The molecule has 0 spiro atoms. The molecule has 0 aliphatic carbocycles. The van der Waals surface area contributed by atoms with Crippen molar-refractivity contribution in [3.63, 3.8) is 0 Å². The molecule has 3 nitrogen and oxygen atoms in total. The number of rotatable bonds is 5. The standard InChI is InChI=1S/C16H22ClN2OSSi/c1-16(2,3)15-18-10-14(19(15)11-20-22(4)5)21-13-8-6-7-12(17)9-13/h6-10H,11H2,1-5H3. The van der Waals surface area contributed by atoms with Crippen LogP contribution in [-0.2, 0) is 16.6 Å². The fraction of sp³-hybridized carbons (Fsp3) is 0.438. The zero-order valence-electron chi connectivity index (χ0n) is 13.7. The highest BCUT2D eigenvalue weighted by atomic mass is 35.5. The number of benzene rings is 1. The maximum atomic E-state index is 6.08. The molecule has 0 saturated heterocycles. The highest BCUT2D eigenvalue weighted by molar-refractivity contribution is 7.99. The third kappa shape index (κ3) is 4.62. The van der Waals surface area contributed by atoms with Crippen LogP contribution in [0.25, 0.3) is 0 Å². The van der Waals surface area contributed by atoms with Crippen LogP contribution in [0.2, 0.25) is 18.1 Å². The molecule has 0 aliphatic rings. The predicted octanol–water partition coefficient (Wildman–Crippen LogP) is 5.21. The minimum atomic E-state index is -0.746. The van der Waals surface area contributed by atoms with Gasteiger partial charge >= 0.3 is 0 Å². The summed E-state index contributed by atoms with van der Waals surface area (Å²) in [4.78, 5) is 5.73. The topological polar surface area (TPSA) is 27.1 Å². The molecule has 6 heteroatoms. The molecule has 2 rings (SSSR count). The maximum absolute atomic E-state index is 6.08. The quantitative estimate of drug-likeness (QED) is 0.690. The van der Waals surface area contributed by atoms with Crippen molar-refractivity contribution < 1.29 is 4.43 Å². The van der Waals surface area contributed by atoms with E-state index in [4.69, 9.17) is 16.0 Å². The van der Waals surface area contributed by atoms with E-state index in [9.17, 15) is 0 Å². The second kappa shape index (κ2) is 7.21. The SMILES string of the molecule is C[Si](C)OCn1c(Sc2cccc(Cl)c2)cnc1C(C)(C)C. The van der Waals surface area contributed by atoms with E-state index in [2.05, 4.69) is 49.5 Å². The van der Waals surface area contributed by atoms with E-state index in [0.717, 1.165) is 20.8 Å². The van der Waals surface area contributed by atoms with Crippen molar-refractivity contribution in [2.45, 2.75) is 55.9 Å². The molecule has 0 amide bonds. The minimum absolute atomic E-state index is 0.0229. The van der Waals surface area contributed by atoms with Crippen molar-refractivity contribution in [3.05, 3.63) is 41.3 Å². The summed E-state index contributed by atoms with van der Waals surface area (Å²) in [6.07, 6.45) is 1.92. The first-order valence-electron chi connectivity index (χ1n) is 7.20. The molecule has 0 atom stereocenters. The second-order valence-corrected chi connectivity index (χ2v) is 9.97. The van der Waals surface area contributed by atoms with Crippen molar-refractivity contribution in [3.8, 4) is 0 Å². The first-order valence-corrected chi connectivity index (χ1v) is 10.8. The minimum Gasteiger partial charge on any atom is -0.400 e. The van der Waals surface area contributed by atoms with E-state index < -0.39 is 9.04 Å². The summed E-state index contributed by atoms with van der Waals surface area (Å²) < 4.78 is 8.08. The number of imidazole rings is 1. The highest BCUT2D eigenvalue weighted by Gasteiger charge is 2.23. The Bertz CT molecular complexity index is 637. The largest absolute Gasteiger partial charge is 0.400 e. The molecule has 0 N–H and O–H groups in total. The molecule has 1 heterocycles. The van der Waals surface area contributed by atoms with Crippen molar-refractivity contribution in [1.29, 1.82) is 0 Å². The van der Waals surface area contributed by atoms with Gasteiger partial charge in [-0.05, 0) is 31.3 Å². The molecular formula is C16H22ClN2OSSi. The van der Waals surface area contributed by atoms with Crippen molar-refractivity contribution in [2.24, 2.45) is 0 Å². The molecule has 0 saturated carbocycles. The Hall–Kier alpha value is -0.753. The Balaban J connectivity index is 2.32. The zero-order chi connectivity index (χ0) is 16.3. The molecule has 1 radical (unpaired) electrons. The second-order valence-electron chi connectivity index (χ2n) is 6.34. The lowest BCUT2D eigenvalue weighted by atomic mass is 9.96. The van der Waals surface area contributed by atoms with Crippen LogP contribution in [0.1, 0.15) is 26.6 Å². The number of aromatic nitrogens is 2. The first kappa shape index (κ1) is 17.6. The fourth-order valence-electron chi connectivity index (χ4n) is 2.01. The van der Waals surface area contributed by atoms with Crippen LogP contribution in [0.3, 0.4) is 0 Å². The first-order chi connectivity index (χ1) is 10.3. The van der Waals surface area contributed by atoms with E-state index in [1.54, 1.807) is 11.8 Å². The van der Waals surface area contributed by atoms with Crippen molar-refractivity contribution >= 4 is 32.4 Å². The lowest BCUT2D eigenvalue weighted by molar-refractivity contribution is 0.220. The van der Waals surface area contributed by atoms with E-state index in [0.29, 0.717) is 6.73 Å². The molecule has 0 fully saturated rings. The van der Waals surface area contributed by atoms with Crippen molar-refractivity contribution in [2.75, 3.05) is 0 Å². The predicted molar refractivity (Wildman–Crippen MR) is 95.1 cm³/mol. The molecular weight excluding hydrogens is 332 g/mol. The summed E-state index contributed by atoms with van der Waals surface area (Å²) >= 11 is 7.74. The summed E-state index contributed by atoms with van der Waals surface area (Å²) in [5.41, 5.74) is -0.0229. The normalized spacial score (nSPS) is 12.1. The molecule has 1 aromatic heterocycles. The van der Waals surface area contributed by atoms with Gasteiger partial charge in [0.1, 0.15) is 17.6 Å². The van der Waals surface area contributed by atoms with Crippen LogP contribution in [-0.4, -0.2) is 18.6 Å². The Kier molecular flexibility index (Phi) is 5.77. The van der Waals surface area contributed by atoms with Crippen LogP contribution in [0.15, 0.2) is 40.4 Å². The van der Waals surface area contributed by atoms with Crippen LogP contribution < -0.4 is 0 Å². The van der Waals surface area contributed by atoms with E-state index >= 15 is 0 Å². The van der Waals surface area contributed by atoms with Gasteiger partial charge in [-0.3, -0.25) is 4.57 Å². The smallest absolute Gasteiger partial charge is 0.207 e. The van der Waals surface area contributed by atoms with Crippen LogP contribution in [0.5, 0.6) is 0 Å². The molecule has 1 aromatic carbocycles. The van der Waals surface area contributed by atoms with Gasteiger partial charge in [-0.2, -0.15) is 0 Å². The molecule has 119 valence electrons. The number of hydrogen-bond acceptors (Lipinski definition) is 3. The average Bonchev–Trinajstić information content (AvgIpc) is 2.79. The van der Waals surface area contributed by atoms with Crippen LogP contribution >= 0.6 is 23.4 Å².